The van der Waals surface area contributed by atoms with E-state index in [0.717, 1.165) is 6.07 Å². The number of methoxy groups -OCH3 is 1. The van der Waals surface area contributed by atoms with Gasteiger partial charge in [0.1, 0.15) is 0 Å². The fraction of sp³-hybridized carbons (Fsp3) is 0.263. The first-order valence-corrected chi connectivity index (χ1v) is 7.86. The van der Waals surface area contributed by atoms with E-state index in [2.05, 4.69) is 5.32 Å². The Kier molecular flexibility index (Phi) is 5.82. The summed E-state index contributed by atoms with van der Waals surface area (Å²) >= 11 is 0. The zero-order valence-electron chi connectivity index (χ0n) is 14.7. The summed E-state index contributed by atoms with van der Waals surface area (Å²) in [6, 6.07) is 10.8. The van der Waals surface area contributed by atoms with Crippen LogP contribution in [0.2, 0.25) is 0 Å². The summed E-state index contributed by atoms with van der Waals surface area (Å²) < 4.78 is 24.9. The van der Waals surface area contributed by atoms with Gasteiger partial charge >= 0.3 is 5.97 Å². The molecule has 0 heterocycles. The van der Waals surface area contributed by atoms with E-state index in [1.54, 1.807) is 24.3 Å². The lowest BCUT2D eigenvalue weighted by molar-refractivity contribution is -0.148. The maximum atomic E-state index is 14.3. The number of rotatable bonds is 7. The molecule has 0 fully saturated rings. The van der Waals surface area contributed by atoms with Crippen LogP contribution in [0.4, 0.5) is 10.1 Å². The third-order valence-corrected chi connectivity index (χ3v) is 3.69. The molecule has 138 valence electrons. The first-order valence-electron chi connectivity index (χ1n) is 7.86. The van der Waals surface area contributed by atoms with Crippen LogP contribution in [0.1, 0.15) is 20.3 Å². The Morgan fingerprint density at radius 3 is 2.35 bits per heavy atom. The summed E-state index contributed by atoms with van der Waals surface area (Å²) in [4.78, 5) is 23.0. The molecule has 7 heteroatoms. The van der Waals surface area contributed by atoms with E-state index >= 15 is 0 Å². The monoisotopic (exact) mass is 361 g/mol. The Bertz CT molecular complexity index is 819. The number of carbonyl (C=O) groups is 2. The molecule has 0 bridgehead atoms. The standard InChI is InChI=1S/C19H20FNO5/c1-19(2,18(23)24)11-17(22)21-12-8-9-14(13(20)10-12)26-16-7-5-4-6-15(16)25-3/h4-10H,11H2,1-3H3,(H,21,22)(H,23,24). The lowest BCUT2D eigenvalue weighted by Gasteiger charge is -2.18. The highest BCUT2D eigenvalue weighted by Crippen LogP contribution is 2.33. The molecule has 0 saturated carbocycles. The van der Waals surface area contributed by atoms with E-state index in [1.807, 2.05) is 0 Å². The summed E-state index contributed by atoms with van der Waals surface area (Å²) in [6.07, 6.45) is -0.233. The lowest BCUT2D eigenvalue weighted by Crippen LogP contribution is -2.29. The molecule has 0 saturated heterocycles. The van der Waals surface area contributed by atoms with E-state index in [1.165, 1.54) is 33.1 Å². The molecular formula is C19H20FNO5. The number of carbonyl (C=O) groups excluding carboxylic acids is 1. The molecule has 0 aliphatic carbocycles. The summed E-state index contributed by atoms with van der Waals surface area (Å²) in [7, 11) is 1.48. The Hall–Kier alpha value is -3.09. The molecule has 2 N–H and O–H groups in total. The number of nitrogens with one attached hydrogen (secondary N) is 1. The molecule has 0 unspecified atom stereocenters. The number of anilines is 1. The number of hydrogen-bond acceptors (Lipinski definition) is 4. The largest absolute Gasteiger partial charge is 0.493 e. The zero-order chi connectivity index (χ0) is 19.3. The molecule has 1 amide bonds. The number of ether oxygens (including phenoxy) is 2. The van der Waals surface area contributed by atoms with Gasteiger partial charge in [-0.1, -0.05) is 12.1 Å². The second-order valence-corrected chi connectivity index (χ2v) is 6.31. The topological polar surface area (TPSA) is 84.9 Å². The maximum Gasteiger partial charge on any atom is 0.309 e. The minimum atomic E-state index is -1.21. The number of para-hydroxylation sites is 2. The number of hydrogen-bond donors (Lipinski definition) is 2. The van der Waals surface area contributed by atoms with Gasteiger partial charge in [0.05, 0.1) is 12.5 Å². The van der Waals surface area contributed by atoms with E-state index in [9.17, 15) is 14.0 Å². The number of benzene rings is 2. The van der Waals surface area contributed by atoms with Crippen molar-refractivity contribution in [1.82, 2.24) is 0 Å². The van der Waals surface area contributed by atoms with Crippen LogP contribution in [-0.2, 0) is 9.59 Å². The van der Waals surface area contributed by atoms with Crippen LogP contribution in [0.5, 0.6) is 17.2 Å². The van der Waals surface area contributed by atoms with Crippen molar-refractivity contribution in [2.75, 3.05) is 12.4 Å². The van der Waals surface area contributed by atoms with Gasteiger partial charge in [-0.25, -0.2) is 4.39 Å². The van der Waals surface area contributed by atoms with Crippen LogP contribution in [0.25, 0.3) is 0 Å². The summed E-state index contributed by atoms with van der Waals surface area (Å²) in [5.74, 6) is -1.49. The molecule has 2 aromatic carbocycles. The third kappa shape index (κ3) is 4.72. The van der Waals surface area contributed by atoms with E-state index in [-0.39, 0.29) is 17.9 Å². The fourth-order valence-electron chi connectivity index (χ4n) is 2.17. The fourth-order valence-corrected chi connectivity index (χ4v) is 2.17. The molecule has 0 spiro atoms. The predicted molar refractivity (Wildman–Crippen MR) is 94.1 cm³/mol. The quantitative estimate of drug-likeness (QED) is 0.777. The zero-order valence-corrected chi connectivity index (χ0v) is 14.7. The van der Waals surface area contributed by atoms with Gasteiger partial charge < -0.3 is 19.9 Å². The highest BCUT2D eigenvalue weighted by molar-refractivity contribution is 5.94. The van der Waals surface area contributed by atoms with Crippen molar-refractivity contribution in [2.45, 2.75) is 20.3 Å². The number of carboxylic acids is 1. The SMILES string of the molecule is COc1ccccc1Oc1ccc(NC(=O)CC(C)(C)C(=O)O)cc1F. The van der Waals surface area contributed by atoms with Gasteiger partial charge in [-0.2, -0.15) is 0 Å². The number of halogens is 1. The average Bonchev–Trinajstić information content (AvgIpc) is 2.57. The van der Waals surface area contributed by atoms with Crippen LogP contribution < -0.4 is 14.8 Å². The molecular weight excluding hydrogens is 341 g/mol. The minimum absolute atomic E-state index is 0.0293. The molecule has 0 aliphatic rings. The molecule has 0 aliphatic heterocycles. The van der Waals surface area contributed by atoms with Crippen molar-refractivity contribution >= 4 is 17.6 Å². The van der Waals surface area contributed by atoms with E-state index < -0.39 is 23.1 Å². The van der Waals surface area contributed by atoms with Gasteiger partial charge in [-0.15, -0.1) is 0 Å². The Labute approximate surface area is 150 Å². The van der Waals surface area contributed by atoms with Crippen LogP contribution in [0, 0.1) is 11.2 Å². The second kappa shape index (κ2) is 7.86. The lowest BCUT2D eigenvalue weighted by atomic mass is 9.89. The normalized spacial score (nSPS) is 10.9. The van der Waals surface area contributed by atoms with Gasteiger partial charge in [-0.3, -0.25) is 9.59 Å². The second-order valence-electron chi connectivity index (χ2n) is 6.31. The van der Waals surface area contributed by atoms with Gasteiger partial charge in [0.25, 0.3) is 0 Å². The highest BCUT2D eigenvalue weighted by atomic mass is 19.1. The van der Waals surface area contributed by atoms with Crippen molar-refractivity contribution in [3.8, 4) is 17.2 Å². The van der Waals surface area contributed by atoms with Crippen LogP contribution in [0.3, 0.4) is 0 Å². The smallest absolute Gasteiger partial charge is 0.309 e. The summed E-state index contributed by atoms with van der Waals surface area (Å²) in [5.41, 5.74) is -1.00. The molecule has 2 rings (SSSR count). The third-order valence-electron chi connectivity index (χ3n) is 3.69. The van der Waals surface area contributed by atoms with Gasteiger partial charge in [0.2, 0.25) is 5.91 Å². The maximum absolute atomic E-state index is 14.3. The van der Waals surface area contributed by atoms with E-state index in [0.29, 0.717) is 11.5 Å². The van der Waals surface area contributed by atoms with Crippen molar-refractivity contribution in [1.29, 1.82) is 0 Å². The molecule has 26 heavy (non-hydrogen) atoms. The Morgan fingerprint density at radius 1 is 1.12 bits per heavy atom. The Morgan fingerprint density at radius 2 is 1.77 bits per heavy atom. The summed E-state index contributed by atoms with van der Waals surface area (Å²) in [6.45, 7) is 2.89. The first kappa shape index (κ1) is 19.2. The average molecular weight is 361 g/mol. The Balaban J connectivity index is 2.10. The minimum Gasteiger partial charge on any atom is -0.493 e. The molecule has 2 aromatic rings. The van der Waals surface area contributed by atoms with Crippen molar-refractivity contribution in [2.24, 2.45) is 5.41 Å². The first-order chi connectivity index (χ1) is 12.2. The van der Waals surface area contributed by atoms with Crippen LogP contribution in [0.15, 0.2) is 42.5 Å². The van der Waals surface area contributed by atoms with Crippen molar-refractivity contribution in [3.05, 3.63) is 48.3 Å². The number of aliphatic carboxylic acids is 1. The van der Waals surface area contributed by atoms with Gasteiger partial charge in [-0.05, 0) is 38.1 Å². The highest BCUT2D eigenvalue weighted by Gasteiger charge is 2.30. The number of carboxylic acid groups (broad SMARTS) is 1. The van der Waals surface area contributed by atoms with Crippen molar-refractivity contribution < 1.29 is 28.6 Å². The number of amides is 1. The molecule has 0 aromatic heterocycles. The van der Waals surface area contributed by atoms with Crippen LogP contribution in [-0.4, -0.2) is 24.1 Å². The molecule has 6 nitrogen and oxygen atoms in total. The molecule has 0 radical (unpaired) electrons. The van der Waals surface area contributed by atoms with Gasteiger partial charge in [0.15, 0.2) is 23.1 Å². The predicted octanol–water partition coefficient (Wildman–Crippen LogP) is 4.07. The summed E-state index contributed by atoms with van der Waals surface area (Å²) in [5, 5.41) is 11.5. The van der Waals surface area contributed by atoms with Gasteiger partial charge in [0, 0.05) is 18.2 Å². The van der Waals surface area contributed by atoms with Crippen molar-refractivity contribution in [3.63, 3.8) is 0 Å². The van der Waals surface area contributed by atoms with E-state index in [4.69, 9.17) is 14.6 Å². The molecule has 0 atom stereocenters. The van der Waals surface area contributed by atoms with Crippen LogP contribution >= 0.6 is 0 Å².